The molecule has 1 N–H and O–H groups in total. The van der Waals surface area contributed by atoms with Gasteiger partial charge in [0.1, 0.15) is 5.60 Å². The summed E-state index contributed by atoms with van der Waals surface area (Å²) in [6.45, 7) is 5.17. The highest BCUT2D eigenvalue weighted by Gasteiger charge is 2.18. The Bertz CT molecular complexity index is 399. The fourth-order valence-corrected chi connectivity index (χ4v) is 0.710. The summed E-state index contributed by atoms with van der Waals surface area (Å²) in [6.07, 6.45) is -0.712. The minimum Gasteiger partial charge on any atom is -0.443 e. The zero-order chi connectivity index (χ0) is 11.5. The van der Waals surface area contributed by atoms with Crippen molar-refractivity contribution in [3.63, 3.8) is 0 Å². The van der Waals surface area contributed by atoms with Crippen LogP contribution in [0, 0.1) is 11.3 Å². The van der Waals surface area contributed by atoms with Crippen LogP contribution < -0.4 is 5.32 Å². The number of carbonyl (C=O) groups is 1. The largest absolute Gasteiger partial charge is 0.443 e. The van der Waals surface area contributed by atoms with Crippen LogP contribution in [0.3, 0.4) is 0 Å². The van der Waals surface area contributed by atoms with Crippen molar-refractivity contribution in [3.05, 3.63) is 5.89 Å². The molecule has 15 heavy (non-hydrogen) atoms. The van der Waals surface area contributed by atoms with Crippen LogP contribution in [0.4, 0.5) is 10.8 Å². The minimum atomic E-state index is -0.712. The van der Waals surface area contributed by atoms with E-state index in [1.807, 2.05) is 0 Å². The topological polar surface area (TPSA) is 101 Å². The summed E-state index contributed by atoms with van der Waals surface area (Å²) in [4.78, 5) is 11.2. The maximum atomic E-state index is 11.2. The summed E-state index contributed by atoms with van der Waals surface area (Å²) in [6, 6.07) is 1.47. The van der Waals surface area contributed by atoms with Crippen LogP contribution in [0.15, 0.2) is 4.42 Å². The van der Waals surface area contributed by atoms with Crippen LogP contribution in [-0.4, -0.2) is 21.9 Å². The molecule has 0 aromatic carbocycles. The average Bonchev–Trinajstić information content (AvgIpc) is 2.48. The van der Waals surface area contributed by atoms with Crippen molar-refractivity contribution in [2.75, 3.05) is 5.32 Å². The maximum Gasteiger partial charge on any atom is 0.415 e. The predicted octanol–water partition coefficient (Wildman–Crippen LogP) is 1.29. The monoisotopic (exact) mass is 210 g/mol. The van der Waals surface area contributed by atoms with Crippen molar-refractivity contribution in [1.82, 2.24) is 10.2 Å². The Hall–Kier alpha value is -2.10. The molecule has 1 aromatic heterocycles. The molecule has 7 heteroatoms. The normalized spacial score (nSPS) is 10.5. The van der Waals surface area contributed by atoms with E-state index in [2.05, 4.69) is 15.5 Å². The van der Waals surface area contributed by atoms with Gasteiger partial charge in [-0.25, -0.2) is 10.1 Å². The van der Waals surface area contributed by atoms with Crippen molar-refractivity contribution in [1.29, 1.82) is 5.26 Å². The van der Waals surface area contributed by atoms with Crippen molar-refractivity contribution in [3.8, 4) is 6.07 Å². The first-order valence-electron chi connectivity index (χ1n) is 4.14. The van der Waals surface area contributed by atoms with E-state index < -0.39 is 11.7 Å². The second kappa shape index (κ2) is 3.96. The first-order valence-corrected chi connectivity index (χ1v) is 4.14. The lowest BCUT2D eigenvalue weighted by Gasteiger charge is -2.18. The van der Waals surface area contributed by atoms with Gasteiger partial charge >= 0.3 is 18.0 Å². The average molecular weight is 210 g/mol. The summed E-state index contributed by atoms with van der Waals surface area (Å²) in [5.74, 6) is -0.221. The molecule has 1 aromatic rings. The Morgan fingerprint density at radius 2 is 2.20 bits per heavy atom. The van der Waals surface area contributed by atoms with Gasteiger partial charge in [0.25, 0.3) is 0 Å². The van der Waals surface area contributed by atoms with Crippen LogP contribution in [0.2, 0.25) is 0 Å². The van der Waals surface area contributed by atoms with Gasteiger partial charge in [0.15, 0.2) is 6.07 Å². The smallest absolute Gasteiger partial charge is 0.415 e. The summed E-state index contributed by atoms with van der Waals surface area (Å²) in [7, 11) is 0. The van der Waals surface area contributed by atoms with E-state index in [0.717, 1.165) is 0 Å². The fourth-order valence-electron chi connectivity index (χ4n) is 0.710. The molecule has 0 aliphatic rings. The number of amides is 1. The van der Waals surface area contributed by atoms with Crippen molar-refractivity contribution in [2.24, 2.45) is 0 Å². The number of carbonyl (C=O) groups excluding carboxylic acids is 1. The fraction of sp³-hybridized carbons (Fsp3) is 0.500. The summed E-state index contributed by atoms with van der Waals surface area (Å²) >= 11 is 0. The first-order chi connectivity index (χ1) is 6.90. The van der Waals surface area contributed by atoms with Gasteiger partial charge in [0.2, 0.25) is 0 Å². The standard InChI is InChI=1S/C8H10N4O3/c1-8(2,3)15-7(13)10-6-12-11-5(4-9)14-6/h1-3H3,(H,10,12,13). The number of hydrogen-bond donors (Lipinski definition) is 1. The van der Waals surface area contributed by atoms with Gasteiger partial charge < -0.3 is 9.15 Å². The second-order valence-electron chi connectivity index (χ2n) is 3.65. The molecule has 80 valence electrons. The van der Waals surface area contributed by atoms with Gasteiger partial charge in [0, 0.05) is 0 Å². The van der Waals surface area contributed by atoms with Crippen molar-refractivity contribution in [2.45, 2.75) is 26.4 Å². The first kappa shape index (κ1) is 11.0. The molecule has 0 aliphatic heterocycles. The number of ether oxygens (including phenoxy) is 1. The van der Waals surface area contributed by atoms with E-state index in [1.165, 1.54) is 0 Å². The van der Waals surface area contributed by atoms with Crippen molar-refractivity contribution >= 4 is 12.1 Å². The van der Waals surface area contributed by atoms with Crippen LogP contribution >= 0.6 is 0 Å². The van der Waals surface area contributed by atoms with Crippen LogP contribution in [-0.2, 0) is 4.74 Å². The number of hydrogen-bond acceptors (Lipinski definition) is 6. The summed E-state index contributed by atoms with van der Waals surface area (Å²) in [5, 5.41) is 17.3. The van der Waals surface area contributed by atoms with Gasteiger partial charge in [-0.3, -0.25) is 0 Å². The maximum absolute atomic E-state index is 11.2. The molecule has 0 saturated heterocycles. The zero-order valence-electron chi connectivity index (χ0n) is 8.57. The molecule has 0 aliphatic carbocycles. The highest BCUT2D eigenvalue weighted by atomic mass is 16.6. The lowest BCUT2D eigenvalue weighted by atomic mass is 10.2. The molecule has 0 atom stereocenters. The van der Waals surface area contributed by atoms with Crippen LogP contribution in [0.1, 0.15) is 26.7 Å². The van der Waals surface area contributed by atoms with E-state index in [0.29, 0.717) is 0 Å². The molecule has 0 spiro atoms. The minimum absolute atomic E-state index is 0.166. The number of anilines is 1. The third kappa shape index (κ3) is 3.64. The lowest BCUT2D eigenvalue weighted by molar-refractivity contribution is 0.0632. The molecule has 0 fully saturated rings. The SMILES string of the molecule is CC(C)(C)OC(=O)Nc1nnc(C#N)o1. The molecule has 1 heterocycles. The Balaban J connectivity index is 2.56. The van der Waals surface area contributed by atoms with Gasteiger partial charge in [-0.1, -0.05) is 10.2 Å². The van der Waals surface area contributed by atoms with Gasteiger partial charge in [-0.15, -0.1) is 0 Å². The van der Waals surface area contributed by atoms with E-state index in [1.54, 1.807) is 26.8 Å². The molecular formula is C8H10N4O3. The number of rotatable bonds is 1. The van der Waals surface area contributed by atoms with Gasteiger partial charge in [0.05, 0.1) is 0 Å². The predicted molar refractivity (Wildman–Crippen MR) is 48.9 cm³/mol. The summed E-state index contributed by atoms with van der Waals surface area (Å²) < 4.78 is 9.65. The highest BCUT2D eigenvalue weighted by Crippen LogP contribution is 2.10. The van der Waals surface area contributed by atoms with E-state index >= 15 is 0 Å². The van der Waals surface area contributed by atoms with E-state index in [-0.39, 0.29) is 11.9 Å². The molecular weight excluding hydrogens is 200 g/mol. The third-order valence-electron chi connectivity index (χ3n) is 1.13. The highest BCUT2D eigenvalue weighted by molar-refractivity contribution is 5.81. The van der Waals surface area contributed by atoms with Crippen molar-refractivity contribution < 1.29 is 13.9 Å². The van der Waals surface area contributed by atoms with E-state index in [9.17, 15) is 4.79 Å². The van der Waals surface area contributed by atoms with E-state index in [4.69, 9.17) is 14.4 Å². The Labute approximate surface area is 86.0 Å². The number of nitrogens with one attached hydrogen (secondary N) is 1. The number of aromatic nitrogens is 2. The second-order valence-corrected chi connectivity index (χ2v) is 3.65. The lowest BCUT2D eigenvalue weighted by Crippen LogP contribution is -2.27. The Kier molecular flexibility index (Phi) is 2.90. The van der Waals surface area contributed by atoms with Crippen LogP contribution in [0.25, 0.3) is 0 Å². The quantitative estimate of drug-likeness (QED) is 0.749. The number of nitrogens with zero attached hydrogens (tertiary/aromatic N) is 3. The van der Waals surface area contributed by atoms with Crippen LogP contribution in [0.5, 0.6) is 0 Å². The third-order valence-corrected chi connectivity index (χ3v) is 1.13. The Morgan fingerprint density at radius 3 is 2.67 bits per heavy atom. The van der Waals surface area contributed by atoms with Gasteiger partial charge in [-0.2, -0.15) is 5.26 Å². The zero-order valence-corrected chi connectivity index (χ0v) is 8.57. The van der Waals surface area contributed by atoms with Gasteiger partial charge in [-0.05, 0) is 20.8 Å². The molecule has 0 radical (unpaired) electrons. The molecule has 7 nitrogen and oxygen atoms in total. The molecule has 0 unspecified atom stereocenters. The molecule has 0 bridgehead atoms. The summed E-state index contributed by atoms with van der Waals surface area (Å²) in [5.41, 5.74) is -0.609. The number of nitriles is 1. The molecule has 1 amide bonds. The molecule has 1 rings (SSSR count). The Morgan fingerprint density at radius 1 is 1.53 bits per heavy atom. The molecule has 0 saturated carbocycles.